The molecule has 0 saturated carbocycles. The quantitative estimate of drug-likeness (QED) is 0.513. The summed E-state index contributed by atoms with van der Waals surface area (Å²) in [5.41, 5.74) is 0. The van der Waals surface area contributed by atoms with Gasteiger partial charge in [0.05, 0.1) is 6.61 Å². The first-order chi connectivity index (χ1) is 9.64. The Hall–Kier alpha value is -0.380. The van der Waals surface area contributed by atoms with Crippen molar-refractivity contribution in [3.8, 4) is 0 Å². The average molecular weight is 284 g/mol. The minimum atomic E-state index is -0.922. The molecule has 1 fully saturated rings. The highest BCUT2D eigenvalue weighted by Gasteiger charge is 2.41. The highest BCUT2D eigenvalue weighted by Crippen LogP contribution is 2.30. The second-order valence-corrected chi connectivity index (χ2v) is 6.05. The van der Waals surface area contributed by atoms with Crippen molar-refractivity contribution in [1.29, 1.82) is 0 Å². The normalized spacial score (nSPS) is 31.0. The van der Waals surface area contributed by atoms with E-state index in [9.17, 15) is 5.11 Å². The summed E-state index contributed by atoms with van der Waals surface area (Å²) >= 11 is 0. The van der Waals surface area contributed by atoms with Crippen molar-refractivity contribution < 1.29 is 14.6 Å². The number of allylic oxidation sites excluding steroid dienone is 1. The van der Waals surface area contributed by atoms with Crippen molar-refractivity contribution in [2.45, 2.75) is 77.1 Å². The third-order valence-electron chi connectivity index (χ3n) is 4.08. The second-order valence-electron chi connectivity index (χ2n) is 6.05. The molecule has 0 radical (unpaired) electrons. The SMILES string of the molecule is CCCCCCCCC=C[C@]1(OC)OC[C@@H](C)C[C@H]1O. The van der Waals surface area contributed by atoms with E-state index < -0.39 is 11.9 Å². The number of hydrogen-bond donors (Lipinski definition) is 1. The van der Waals surface area contributed by atoms with Gasteiger partial charge in [0.1, 0.15) is 6.10 Å². The molecule has 3 nitrogen and oxygen atoms in total. The topological polar surface area (TPSA) is 38.7 Å². The minimum absolute atomic E-state index is 0.389. The summed E-state index contributed by atoms with van der Waals surface area (Å²) in [6.45, 7) is 4.97. The Morgan fingerprint density at radius 1 is 1.25 bits per heavy atom. The van der Waals surface area contributed by atoms with E-state index in [2.05, 4.69) is 19.9 Å². The Morgan fingerprint density at radius 3 is 2.60 bits per heavy atom. The van der Waals surface area contributed by atoms with E-state index in [1.807, 2.05) is 6.08 Å². The molecular weight excluding hydrogens is 252 g/mol. The van der Waals surface area contributed by atoms with E-state index in [1.165, 1.54) is 38.5 Å². The fourth-order valence-corrected chi connectivity index (χ4v) is 2.69. The lowest BCUT2D eigenvalue weighted by atomic mass is 9.94. The number of aliphatic hydroxyl groups excluding tert-OH is 1. The summed E-state index contributed by atoms with van der Waals surface area (Å²) < 4.78 is 11.2. The van der Waals surface area contributed by atoms with Crippen LogP contribution >= 0.6 is 0 Å². The maximum Gasteiger partial charge on any atom is 0.214 e. The summed E-state index contributed by atoms with van der Waals surface area (Å²) in [5, 5.41) is 10.2. The second kappa shape index (κ2) is 9.54. The minimum Gasteiger partial charge on any atom is -0.387 e. The van der Waals surface area contributed by atoms with E-state index in [4.69, 9.17) is 9.47 Å². The van der Waals surface area contributed by atoms with Gasteiger partial charge in [-0.05, 0) is 31.3 Å². The van der Waals surface area contributed by atoms with Gasteiger partial charge in [0.15, 0.2) is 0 Å². The Kier molecular flexibility index (Phi) is 8.43. The molecule has 1 rings (SSSR count). The number of aliphatic hydroxyl groups is 1. The predicted molar refractivity (Wildman–Crippen MR) is 82.6 cm³/mol. The van der Waals surface area contributed by atoms with Gasteiger partial charge in [-0.2, -0.15) is 0 Å². The van der Waals surface area contributed by atoms with Crippen LogP contribution in [0.1, 0.15) is 65.2 Å². The van der Waals surface area contributed by atoms with Crippen molar-refractivity contribution in [3.05, 3.63) is 12.2 Å². The van der Waals surface area contributed by atoms with E-state index in [1.54, 1.807) is 7.11 Å². The summed E-state index contributed by atoms with van der Waals surface area (Å²) in [6, 6.07) is 0. The van der Waals surface area contributed by atoms with Crippen LogP contribution in [0.4, 0.5) is 0 Å². The van der Waals surface area contributed by atoms with Crippen LogP contribution in [0.25, 0.3) is 0 Å². The highest BCUT2D eigenvalue weighted by molar-refractivity contribution is 5.02. The van der Waals surface area contributed by atoms with Crippen LogP contribution in [0.2, 0.25) is 0 Å². The maximum absolute atomic E-state index is 10.2. The molecule has 118 valence electrons. The average Bonchev–Trinajstić information content (AvgIpc) is 2.44. The number of methoxy groups -OCH3 is 1. The molecule has 1 aliphatic heterocycles. The van der Waals surface area contributed by atoms with Crippen molar-refractivity contribution in [2.24, 2.45) is 5.92 Å². The molecule has 0 unspecified atom stereocenters. The number of rotatable bonds is 9. The fraction of sp³-hybridized carbons (Fsp3) is 0.882. The zero-order valence-corrected chi connectivity index (χ0v) is 13.4. The summed E-state index contributed by atoms with van der Waals surface area (Å²) in [4.78, 5) is 0. The van der Waals surface area contributed by atoms with E-state index in [-0.39, 0.29) is 0 Å². The molecule has 0 aliphatic carbocycles. The van der Waals surface area contributed by atoms with Gasteiger partial charge < -0.3 is 14.6 Å². The third kappa shape index (κ3) is 5.55. The van der Waals surface area contributed by atoms with E-state index in [0.717, 1.165) is 12.8 Å². The molecule has 0 aromatic carbocycles. The Labute approximate surface area is 124 Å². The lowest BCUT2D eigenvalue weighted by Crippen LogP contribution is -2.50. The van der Waals surface area contributed by atoms with Gasteiger partial charge in [-0.3, -0.25) is 0 Å². The summed E-state index contributed by atoms with van der Waals surface area (Å²) in [5.74, 6) is -0.533. The first-order valence-electron chi connectivity index (χ1n) is 8.19. The molecule has 1 aliphatic rings. The van der Waals surface area contributed by atoms with Crippen LogP contribution in [-0.4, -0.2) is 30.7 Å². The van der Waals surface area contributed by atoms with Gasteiger partial charge in [-0.15, -0.1) is 0 Å². The maximum atomic E-state index is 10.2. The number of unbranched alkanes of at least 4 members (excludes halogenated alkanes) is 6. The van der Waals surface area contributed by atoms with Crippen LogP contribution in [0.5, 0.6) is 0 Å². The number of ether oxygens (including phenoxy) is 2. The summed E-state index contributed by atoms with van der Waals surface area (Å²) in [7, 11) is 1.61. The largest absolute Gasteiger partial charge is 0.387 e. The van der Waals surface area contributed by atoms with Gasteiger partial charge in [0, 0.05) is 7.11 Å². The molecule has 1 heterocycles. The van der Waals surface area contributed by atoms with Crippen LogP contribution in [0.15, 0.2) is 12.2 Å². The summed E-state index contributed by atoms with van der Waals surface area (Å²) in [6.07, 6.45) is 13.0. The molecule has 0 aromatic rings. The molecule has 0 amide bonds. The molecule has 0 aromatic heterocycles. The standard InChI is InChI=1S/C17H32O3/c1-4-5-6-7-8-9-10-11-12-17(19-3)16(18)13-15(2)14-20-17/h11-12,15-16,18H,4-10,13-14H2,1-3H3/t15-,16+,17-/m0/s1. The zero-order valence-electron chi connectivity index (χ0n) is 13.4. The van der Waals surface area contributed by atoms with Crippen LogP contribution in [0, 0.1) is 5.92 Å². The van der Waals surface area contributed by atoms with Crippen molar-refractivity contribution in [3.63, 3.8) is 0 Å². The monoisotopic (exact) mass is 284 g/mol. The zero-order chi connectivity index (χ0) is 14.8. The first kappa shape index (κ1) is 17.7. The van der Waals surface area contributed by atoms with Gasteiger partial charge in [0.25, 0.3) is 0 Å². The Bertz CT molecular complexity index is 277. The number of hydrogen-bond acceptors (Lipinski definition) is 3. The third-order valence-corrected chi connectivity index (χ3v) is 4.08. The molecular formula is C17H32O3. The molecule has 1 N–H and O–H groups in total. The highest BCUT2D eigenvalue weighted by atomic mass is 16.7. The molecule has 1 saturated heterocycles. The van der Waals surface area contributed by atoms with Crippen molar-refractivity contribution in [2.75, 3.05) is 13.7 Å². The first-order valence-corrected chi connectivity index (χ1v) is 8.19. The van der Waals surface area contributed by atoms with Crippen LogP contribution < -0.4 is 0 Å². The lowest BCUT2D eigenvalue weighted by Gasteiger charge is -2.40. The molecule has 0 bridgehead atoms. The smallest absolute Gasteiger partial charge is 0.214 e. The van der Waals surface area contributed by atoms with Gasteiger partial charge in [0.2, 0.25) is 5.79 Å². The van der Waals surface area contributed by atoms with E-state index in [0.29, 0.717) is 12.5 Å². The molecule has 3 atom stereocenters. The molecule has 20 heavy (non-hydrogen) atoms. The van der Waals surface area contributed by atoms with Gasteiger partial charge in [-0.1, -0.05) is 52.0 Å². The van der Waals surface area contributed by atoms with Gasteiger partial charge in [-0.25, -0.2) is 0 Å². The van der Waals surface area contributed by atoms with Crippen molar-refractivity contribution >= 4 is 0 Å². The van der Waals surface area contributed by atoms with Gasteiger partial charge >= 0.3 is 0 Å². The van der Waals surface area contributed by atoms with Crippen molar-refractivity contribution in [1.82, 2.24) is 0 Å². The van der Waals surface area contributed by atoms with Crippen LogP contribution in [0.3, 0.4) is 0 Å². The van der Waals surface area contributed by atoms with Crippen LogP contribution in [-0.2, 0) is 9.47 Å². The molecule has 0 spiro atoms. The lowest BCUT2D eigenvalue weighted by molar-refractivity contribution is -0.269. The fourth-order valence-electron chi connectivity index (χ4n) is 2.69. The Morgan fingerprint density at radius 2 is 1.95 bits per heavy atom. The molecule has 3 heteroatoms. The Balaban J connectivity index is 2.27. The predicted octanol–water partition coefficient (Wildman–Crippen LogP) is 4.05. The van der Waals surface area contributed by atoms with E-state index >= 15 is 0 Å².